The number of nitrogens with zero attached hydrogens (tertiary/aromatic N) is 1. The molecular weight excluding hydrogens is 222 g/mol. The number of aliphatic hydroxyl groups excluding tert-OH is 1. The highest BCUT2D eigenvalue weighted by Crippen LogP contribution is 2.28. The second-order valence-corrected chi connectivity index (χ2v) is 5.06. The van der Waals surface area contributed by atoms with Gasteiger partial charge in [0.25, 0.3) is 0 Å². The largest absolute Gasteiger partial charge is 0.395 e. The number of aromatic nitrogens is 1. The SMILES string of the molecule is CCCCc1c(C)n(CCO)c2ccc(C)cc12. The Morgan fingerprint density at radius 2 is 2.00 bits per heavy atom. The third kappa shape index (κ3) is 2.30. The lowest BCUT2D eigenvalue weighted by Gasteiger charge is -2.06. The second kappa shape index (κ2) is 5.57. The summed E-state index contributed by atoms with van der Waals surface area (Å²) in [5.74, 6) is 0. The van der Waals surface area contributed by atoms with Crippen LogP contribution in [0.25, 0.3) is 10.9 Å². The van der Waals surface area contributed by atoms with Crippen molar-refractivity contribution in [2.45, 2.75) is 46.6 Å². The summed E-state index contributed by atoms with van der Waals surface area (Å²) in [6.45, 7) is 7.44. The Hall–Kier alpha value is -1.28. The zero-order valence-electron chi connectivity index (χ0n) is 11.7. The van der Waals surface area contributed by atoms with Gasteiger partial charge >= 0.3 is 0 Å². The maximum absolute atomic E-state index is 9.22. The molecule has 1 heterocycles. The lowest BCUT2D eigenvalue weighted by atomic mass is 10.0. The van der Waals surface area contributed by atoms with Crippen LogP contribution in [0.2, 0.25) is 0 Å². The number of hydrogen-bond acceptors (Lipinski definition) is 1. The van der Waals surface area contributed by atoms with Crippen molar-refractivity contribution < 1.29 is 5.11 Å². The molecule has 18 heavy (non-hydrogen) atoms. The molecule has 0 spiro atoms. The van der Waals surface area contributed by atoms with Crippen LogP contribution in [-0.4, -0.2) is 16.3 Å². The molecule has 2 heteroatoms. The van der Waals surface area contributed by atoms with Crippen LogP contribution in [0.4, 0.5) is 0 Å². The van der Waals surface area contributed by atoms with E-state index in [0.29, 0.717) is 6.54 Å². The van der Waals surface area contributed by atoms with E-state index in [2.05, 4.69) is 43.5 Å². The Balaban J connectivity index is 2.59. The van der Waals surface area contributed by atoms with Gasteiger partial charge in [0.2, 0.25) is 0 Å². The minimum absolute atomic E-state index is 0.200. The highest BCUT2D eigenvalue weighted by atomic mass is 16.3. The highest BCUT2D eigenvalue weighted by molar-refractivity contribution is 5.86. The van der Waals surface area contributed by atoms with Gasteiger partial charge in [0.1, 0.15) is 0 Å². The predicted molar refractivity (Wildman–Crippen MR) is 77.1 cm³/mol. The number of aliphatic hydroxyl groups is 1. The molecule has 0 amide bonds. The van der Waals surface area contributed by atoms with Crippen molar-refractivity contribution in [3.8, 4) is 0 Å². The van der Waals surface area contributed by atoms with E-state index in [0.717, 1.165) is 6.42 Å². The van der Waals surface area contributed by atoms with Gasteiger partial charge in [0.05, 0.1) is 6.61 Å². The van der Waals surface area contributed by atoms with E-state index in [-0.39, 0.29) is 6.61 Å². The van der Waals surface area contributed by atoms with Gasteiger partial charge in [-0.1, -0.05) is 25.0 Å². The molecule has 1 aromatic heterocycles. The molecule has 1 N–H and O–H groups in total. The van der Waals surface area contributed by atoms with Crippen molar-refractivity contribution >= 4 is 10.9 Å². The van der Waals surface area contributed by atoms with Crippen LogP contribution in [0.5, 0.6) is 0 Å². The van der Waals surface area contributed by atoms with E-state index in [1.54, 1.807) is 0 Å². The molecule has 2 rings (SSSR count). The summed E-state index contributed by atoms with van der Waals surface area (Å²) in [5, 5.41) is 10.6. The summed E-state index contributed by atoms with van der Waals surface area (Å²) in [7, 11) is 0. The molecule has 0 saturated heterocycles. The molecule has 0 fully saturated rings. The van der Waals surface area contributed by atoms with Gasteiger partial charge in [-0.2, -0.15) is 0 Å². The normalized spacial score (nSPS) is 11.3. The Labute approximate surface area is 109 Å². The number of hydrogen-bond donors (Lipinski definition) is 1. The van der Waals surface area contributed by atoms with E-state index in [1.165, 1.54) is 40.6 Å². The van der Waals surface area contributed by atoms with Gasteiger partial charge in [0, 0.05) is 23.1 Å². The topological polar surface area (TPSA) is 25.2 Å². The summed E-state index contributed by atoms with van der Waals surface area (Å²) >= 11 is 0. The van der Waals surface area contributed by atoms with E-state index >= 15 is 0 Å². The lowest BCUT2D eigenvalue weighted by Crippen LogP contribution is -2.04. The molecule has 0 aliphatic rings. The smallest absolute Gasteiger partial charge is 0.0610 e. The fraction of sp³-hybridized carbons (Fsp3) is 0.500. The fourth-order valence-electron chi connectivity index (χ4n) is 2.72. The van der Waals surface area contributed by atoms with Crippen molar-refractivity contribution in [3.63, 3.8) is 0 Å². The zero-order chi connectivity index (χ0) is 13.1. The molecule has 0 bridgehead atoms. The molecule has 0 saturated carbocycles. The Kier molecular flexibility index (Phi) is 4.07. The Morgan fingerprint density at radius 3 is 2.67 bits per heavy atom. The quantitative estimate of drug-likeness (QED) is 0.855. The van der Waals surface area contributed by atoms with Crippen molar-refractivity contribution in [1.29, 1.82) is 0 Å². The summed E-state index contributed by atoms with van der Waals surface area (Å²) in [6, 6.07) is 6.61. The number of fused-ring (bicyclic) bond motifs is 1. The molecule has 2 nitrogen and oxygen atoms in total. The number of rotatable bonds is 5. The van der Waals surface area contributed by atoms with Crippen molar-refractivity contribution in [1.82, 2.24) is 4.57 Å². The van der Waals surface area contributed by atoms with E-state index in [4.69, 9.17) is 0 Å². The zero-order valence-corrected chi connectivity index (χ0v) is 11.7. The second-order valence-electron chi connectivity index (χ2n) is 5.06. The summed E-state index contributed by atoms with van der Waals surface area (Å²) in [5.41, 5.74) is 5.35. The van der Waals surface area contributed by atoms with Crippen LogP contribution in [0.3, 0.4) is 0 Å². The third-order valence-electron chi connectivity index (χ3n) is 3.71. The van der Waals surface area contributed by atoms with Gasteiger partial charge < -0.3 is 9.67 Å². The summed E-state index contributed by atoms with van der Waals surface area (Å²) in [4.78, 5) is 0. The van der Waals surface area contributed by atoms with Crippen LogP contribution in [0, 0.1) is 13.8 Å². The summed E-state index contributed by atoms with van der Waals surface area (Å²) < 4.78 is 2.25. The first kappa shape index (κ1) is 13.2. The molecule has 1 aromatic carbocycles. The molecule has 0 aliphatic carbocycles. The highest BCUT2D eigenvalue weighted by Gasteiger charge is 2.13. The third-order valence-corrected chi connectivity index (χ3v) is 3.71. The molecule has 98 valence electrons. The molecule has 2 aromatic rings. The van der Waals surface area contributed by atoms with Gasteiger partial charge in [-0.05, 0) is 44.4 Å². The first-order valence-electron chi connectivity index (χ1n) is 6.88. The van der Waals surface area contributed by atoms with Crippen molar-refractivity contribution in [2.75, 3.05) is 6.61 Å². The van der Waals surface area contributed by atoms with E-state index in [9.17, 15) is 5.11 Å². The monoisotopic (exact) mass is 245 g/mol. The van der Waals surface area contributed by atoms with Gasteiger partial charge in [0.15, 0.2) is 0 Å². The fourth-order valence-corrected chi connectivity index (χ4v) is 2.72. The first-order valence-corrected chi connectivity index (χ1v) is 6.88. The molecular formula is C16H23NO. The number of benzene rings is 1. The van der Waals surface area contributed by atoms with Crippen LogP contribution in [0.15, 0.2) is 18.2 Å². The standard InChI is InChI=1S/C16H23NO/c1-4-5-6-14-13(3)17(9-10-18)16-8-7-12(2)11-15(14)16/h7-8,11,18H,4-6,9-10H2,1-3H3. The van der Waals surface area contributed by atoms with Gasteiger partial charge in [-0.25, -0.2) is 0 Å². The molecule has 0 aliphatic heterocycles. The van der Waals surface area contributed by atoms with Crippen molar-refractivity contribution in [2.24, 2.45) is 0 Å². The summed E-state index contributed by atoms with van der Waals surface area (Å²) in [6.07, 6.45) is 3.59. The minimum Gasteiger partial charge on any atom is -0.395 e. The predicted octanol–water partition coefficient (Wildman–Crippen LogP) is 3.59. The Bertz CT molecular complexity index is 540. The first-order chi connectivity index (χ1) is 8.69. The lowest BCUT2D eigenvalue weighted by molar-refractivity contribution is 0.277. The van der Waals surface area contributed by atoms with Crippen LogP contribution in [-0.2, 0) is 13.0 Å². The average Bonchev–Trinajstić information content (AvgIpc) is 2.60. The van der Waals surface area contributed by atoms with Crippen molar-refractivity contribution in [3.05, 3.63) is 35.0 Å². The van der Waals surface area contributed by atoms with Gasteiger partial charge in [-0.3, -0.25) is 0 Å². The van der Waals surface area contributed by atoms with Crippen LogP contribution >= 0.6 is 0 Å². The molecule has 0 atom stereocenters. The van der Waals surface area contributed by atoms with E-state index < -0.39 is 0 Å². The molecule has 0 unspecified atom stereocenters. The number of aryl methyl sites for hydroxylation is 2. The number of unbranched alkanes of at least 4 members (excludes halogenated alkanes) is 1. The van der Waals surface area contributed by atoms with E-state index in [1.807, 2.05) is 0 Å². The Morgan fingerprint density at radius 1 is 1.22 bits per heavy atom. The van der Waals surface area contributed by atoms with Crippen LogP contribution < -0.4 is 0 Å². The maximum atomic E-state index is 9.22. The average molecular weight is 245 g/mol. The van der Waals surface area contributed by atoms with Crippen LogP contribution in [0.1, 0.15) is 36.6 Å². The minimum atomic E-state index is 0.200. The maximum Gasteiger partial charge on any atom is 0.0610 e. The van der Waals surface area contributed by atoms with Gasteiger partial charge in [-0.15, -0.1) is 0 Å². The molecule has 0 radical (unpaired) electrons.